The smallest absolute Gasteiger partial charge is 0.270 e. The molecular formula is C11H5ClN4O. The van der Waals surface area contributed by atoms with Crippen molar-refractivity contribution in [1.29, 1.82) is 10.5 Å². The van der Waals surface area contributed by atoms with E-state index in [0.717, 1.165) is 0 Å². The summed E-state index contributed by atoms with van der Waals surface area (Å²) in [5, 5.41) is 17.6. The van der Waals surface area contributed by atoms with Gasteiger partial charge in [-0.1, -0.05) is 11.6 Å². The molecule has 5 nitrogen and oxygen atoms in total. The van der Waals surface area contributed by atoms with E-state index in [0.29, 0.717) is 5.52 Å². The lowest BCUT2D eigenvalue weighted by Crippen LogP contribution is -2.21. The van der Waals surface area contributed by atoms with Crippen LogP contribution in [0.2, 0.25) is 5.02 Å². The lowest BCUT2D eigenvalue weighted by molar-refractivity contribution is 0.897. The van der Waals surface area contributed by atoms with Gasteiger partial charge in [0, 0.05) is 7.05 Å². The second-order valence-electron chi connectivity index (χ2n) is 3.34. The van der Waals surface area contributed by atoms with E-state index in [-0.39, 0.29) is 21.8 Å². The maximum atomic E-state index is 11.8. The second kappa shape index (κ2) is 3.89. The van der Waals surface area contributed by atoms with Crippen LogP contribution in [-0.2, 0) is 7.05 Å². The summed E-state index contributed by atoms with van der Waals surface area (Å²) in [6.45, 7) is 0. The molecule has 0 fully saturated rings. The molecule has 0 saturated heterocycles. The van der Waals surface area contributed by atoms with Crippen molar-refractivity contribution in [3.05, 3.63) is 38.8 Å². The summed E-state index contributed by atoms with van der Waals surface area (Å²) in [5.74, 6) is 0. The van der Waals surface area contributed by atoms with Gasteiger partial charge in [-0.05, 0) is 12.1 Å². The number of hydrogen-bond acceptors (Lipinski definition) is 4. The molecule has 0 N–H and O–H groups in total. The number of pyridine rings is 2. The van der Waals surface area contributed by atoms with Crippen molar-refractivity contribution in [2.75, 3.05) is 0 Å². The highest BCUT2D eigenvalue weighted by Gasteiger charge is 2.14. The largest absolute Gasteiger partial charge is 0.309 e. The average Bonchev–Trinajstić information content (AvgIpc) is 2.36. The van der Waals surface area contributed by atoms with Crippen molar-refractivity contribution >= 4 is 22.6 Å². The van der Waals surface area contributed by atoms with Crippen LogP contribution in [0.15, 0.2) is 16.9 Å². The molecule has 2 heterocycles. The number of nitriles is 2. The first-order valence-electron chi connectivity index (χ1n) is 4.59. The SMILES string of the molecule is Cn1c(=O)c(C#N)c(Cl)c2nc(C#N)ccc21. The van der Waals surface area contributed by atoms with Crippen LogP contribution in [0.1, 0.15) is 11.3 Å². The first-order valence-corrected chi connectivity index (χ1v) is 4.97. The molecule has 0 radical (unpaired) electrons. The van der Waals surface area contributed by atoms with E-state index >= 15 is 0 Å². The van der Waals surface area contributed by atoms with Gasteiger partial charge in [0.1, 0.15) is 28.9 Å². The fourth-order valence-electron chi connectivity index (χ4n) is 1.53. The Balaban J connectivity index is 3.07. The highest BCUT2D eigenvalue weighted by atomic mass is 35.5. The maximum Gasteiger partial charge on any atom is 0.270 e. The molecule has 0 unspecified atom stereocenters. The lowest BCUT2D eigenvalue weighted by atomic mass is 10.2. The number of fused-ring (bicyclic) bond motifs is 1. The Hall–Kier alpha value is -2.37. The van der Waals surface area contributed by atoms with Crippen LogP contribution in [0.25, 0.3) is 11.0 Å². The van der Waals surface area contributed by atoms with E-state index < -0.39 is 5.56 Å². The minimum atomic E-state index is -0.475. The van der Waals surface area contributed by atoms with E-state index in [9.17, 15) is 4.79 Å². The van der Waals surface area contributed by atoms with Crippen molar-refractivity contribution < 1.29 is 0 Å². The Morgan fingerprint density at radius 2 is 2.06 bits per heavy atom. The van der Waals surface area contributed by atoms with E-state index in [1.54, 1.807) is 12.1 Å². The quantitative estimate of drug-likeness (QED) is 0.700. The molecule has 0 aliphatic heterocycles. The maximum absolute atomic E-state index is 11.8. The van der Waals surface area contributed by atoms with E-state index in [1.165, 1.54) is 17.7 Å². The summed E-state index contributed by atoms with van der Waals surface area (Å²) in [5.41, 5.74) is 0.310. The summed E-state index contributed by atoms with van der Waals surface area (Å²) in [4.78, 5) is 15.8. The molecule has 0 saturated carbocycles. The Morgan fingerprint density at radius 3 is 2.65 bits per heavy atom. The lowest BCUT2D eigenvalue weighted by Gasteiger charge is -2.06. The number of hydrogen-bond donors (Lipinski definition) is 0. The van der Waals surface area contributed by atoms with Crippen LogP contribution in [0.4, 0.5) is 0 Å². The van der Waals surface area contributed by atoms with Crippen LogP contribution >= 0.6 is 11.6 Å². The molecule has 0 atom stereocenters. The van der Waals surface area contributed by atoms with Gasteiger partial charge in [0.05, 0.1) is 10.5 Å². The molecule has 0 spiro atoms. The third-order valence-corrected chi connectivity index (χ3v) is 2.78. The highest BCUT2D eigenvalue weighted by molar-refractivity contribution is 6.36. The van der Waals surface area contributed by atoms with Crippen molar-refractivity contribution in [2.24, 2.45) is 7.05 Å². The Bertz CT molecular complexity index is 764. The predicted molar refractivity (Wildman–Crippen MR) is 61.4 cm³/mol. The fraction of sp³-hybridized carbons (Fsp3) is 0.0909. The monoisotopic (exact) mass is 244 g/mol. The summed E-state index contributed by atoms with van der Waals surface area (Å²) < 4.78 is 1.29. The van der Waals surface area contributed by atoms with E-state index in [1.807, 2.05) is 6.07 Å². The minimum absolute atomic E-state index is 0.0114. The van der Waals surface area contributed by atoms with Crippen molar-refractivity contribution in [3.63, 3.8) is 0 Å². The average molecular weight is 245 g/mol. The molecule has 0 bridgehead atoms. The Kier molecular flexibility index (Phi) is 2.55. The van der Waals surface area contributed by atoms with Crippen molar-refractivity contribution in [3.8, 4) is 12.1 Å². The third kappa shape index (κ3) is 1.54. The normalized spacial score (nSPS) is 9.88. The van der Waals surface area contributed by atoms with Crippen LogP contribution in [0.3, 0.4) is 0 Å². The van der Waals surface area contributed by atoms with Gasteiger partial charge >= 0.3 is 0 Å². The van der Waals surface area contributed by atoms with Gasteiger partial charge in [-0.25, -0.2) is 4.98 Å². The Labute approximate surface area is 101 Å². The topological polar surface area (TPSA) is 82.5 Å². The standard InChI is InChI=1S/C11H5ClN4O/c1-16-8-3-2-6(4-13)15-10(8)9(12)7(5-14)11(16)17/h2-3H,1H3. The molecule has 2 aromatic heterocycles. The number of aryl methyl sites for hydroxylation is 1. The molecule has 0 aliphatic carbocycles. The van der Waals surface area contributed by atoms with Crippen LogP contribution in [0.5, 0.6) is 0 Å². The number of aromatic nitrogens is 2. The zero-order valence-electron chi connectivity index (χ0n) is 8.73. The number of nitrogens with zero attached hydrogens (tertiary/aromatic N) is 4. The van der Waals surface area contributed by atoms with Gasteiger partial charge < -0.3 is 4.57 Å². The van der Waals surface area contributed by atoms with Gasteiger partial charge in [0.15, 0.2) is 0 Å². The Morgan fingerprint density at radius 1 is 1.35 bits per heavy atom. The predicted octanol–water partition coefficient (Wildman–Crippen LogP) is 1.33. The van der Waals surface area contributed by atoms with Crippen LogP contribution in [0, 0.1) is 22.7 Å². The zero-order valence-corrected chi connectivity index (χ0v) is 9.49. The zero-order chi connectivity index (χ0) is 12.6. The molecule has 6 heteroatoms. The van der Waals surface area contributed by atoms with Gasteiger partial charge in [-0.2, -0.15) is 10.5 Å². The second-order valence-corrected chi connectivity index (χ2v) is 3.72. The summed E-state index contributed by atoms with van der Waals surface area (Å²) in [7, 11) is 1.52. The summed E-state index contributed by atoms with van der Waals surface area (Å²) in [6.07, 6.45) is 0. The molecule has 0 aromatic carbocycles. The van der Waals surface area contributed by atoms with Gasteiger partial charge in [0.2, 0.25) is 0 Å². The molecular weight excluding hydrogens is 240 g/mol. The molecule has 82 valence electrons. The van der Waals surface area contributed by atoms with Crippen molar-refractivity contribution in [1.82, 2.24) is 9.55 Å². The van der Waals surface area contributed by atoms with Gasteiger partial charge in [0.25, 0.3) is 5.56 Å². The van der Waals surface area contributed by atoms with Gasteiger partial charge in [-0.15, -0.1) is 0 Å². The fourth-order valence-corrected chi connectivity index (χ4v) is 1.79. The first kappa shape index (κ1) is 11.1. The molecule has 17 heavy (non-hydrogen) atoms. The highest BCUT2D eigenvalue weighted by Crippen LogP contribution is 2.22. The number of halogens is 1. The first-order chi connectivity index (χ1) is 8.10. The van der Waals surface area contributed by atoms with Crippen molar-refractivity contribution in [2.45, 2.75) is 0 Å². The third-order valence-electron chi connectivity index (χ3n) is 2.41. The molecule has 2 rings (SSSR count). The summed E-state index contributed by atoms with van der Waals surface area (Å²) in [6, 6.07) is 6.69. The minimum Gasteiger partial charge on any atom is -0.309 e. The molecule has 2 aromatic rings. The molecule has 0 amide bonds. The number of rotatable bonds is 0. The van der Waals surface area contributed by atoms with Crippen LogP contribution in [-0.4, -0.2) is 9.55 Å². The van der Waals surface area contributed by atoms with Gasteiger partial charge in [-0.3, -0.25) is 4.79 Å². The summed E-state index contributed by atoms with van der Waals surface area (Å²) >= 11 is 5.94. The van der Waals surface area contributed by atoms with E-state index in [4.69, 9.17) is 22.1 Å². The van der Waals surface area contributed by atoms with Crippen LogP contribution < -0.4 is 5.56 Å². The van der Waals surface area contributed by atoms with E-state index in [2.05, 4.69) is 4.98 Å². The molecule has 0 aliphatic rings.